The molecule has 2 aromatic heterocycles. The number of pyridine rings is 2. The first kappa shape index (κ1) is 24.3. The number of anilines is 1. The van der Waals surface area contributed by atoms with E-state index in [0.717, 1.165) is 12.3 Å². The highest BCUT2D eigenvalue weighted by Gasteiger charge is 2.51. The third-order valence-electron chi connectivity index (χ3n) is 5.15. The molecule has 0 bridgehead atoms. The van der Waals surface area contributed by atoms with Gasteiger partial charge in [-0.15, -0.1) is 5.92 Å². The minimum absolute atomic E-state index is 0.00424. The summed E-state index contributed by atoms with van der Waals surface area (Å²) in [7, 11) is -3.84. The van der Waals surface area contributed by atoms with Crippen LogP contribution >= 0.6 is 11.6 Å². The number of alkyl halides is 3. The van der Waals surface area contributed by atoms with Crippen LogP contribution < -0.4 is 4.90 Å². The maximum absolute atomic E-state index is 13.1. The van der Waals surface area contributed by atoms with Gasteiger partial charge in [-0.2, -0.15) is 17.5 Å². The molecule has 32 heavy (non-hydrogen) atoms. The van der Waals surface area contributed by atoms with Crippen molar-refractivity contribution in [1.29, 1.82) is 0 Å². The van der Waals surface area contributed by atoms with E-state index in [1.165, 1.54) is 28.7 Å². The SMILES string of the molecule is CC#C[C@H]1CN(S(=O)(=O)c2ccc(Cl)nc2)CCN1c1ccc(C(C)(O)C(F)(F)F)cn1. The van der Waals surface area contributed by atoms with Gasteiger partial charge in [-0.25, -0.2) is 18.4 Å². The van der Waals surface area contributed by atoms with E-state index in [4.69, 9.17) is 11.6 Å². The molecule has 1 aliphatic heterocycles. The topological polar surface area (TPSA) is 86.6 Å². The van der Waals surface area contributed by atoms with Crippen LogP contribution in [0.25, 0.3) is 0 Å². The number of hydrogen-bond donors (Lipinski definition) is 1. The molecule has 1 aliphatic rings. The fourth-order valence-corrected chi connectivity index (χ4v) is 4.71. The first-order valence-electron chi connectivity index (χ1n) is 9.44. The quantitative estimate of drug-likeness (QED) is 0.526. The molecule has 12 heteroatoms. The Balaban J connectivity index is 1.84. The minimum Gasteiger partial charge on any atom is -0.376 e. The lowest BCUT2D eigenvalue weighted by Crippen LogP contribution is -2.54. The molecule has 1 N–H and O–H groups in total. The molecule has 0 amide bonds. The Labute approximate surface area is 188 Å². The van der Waals surface area contributed by atoms with Gasteiger partial charge >= 0.3 is 6.18 Å². The zero-order chi connectivity index (χ0) is 23.7. The van der Waals surface area contributed by atoms with Gasteiger partial charge in [-0.1, -0.05) is 23.6 Å². The standard InChI is InChI=1S/C20H20ClF3N4O3S/c1-3-4-15-13-27(32(30,31)16-6-7-17(21)25-12-16)9-10-28(15)18-8-5-14(11-26-18)19(2,29)20(22,23)24/h5-8,11-12,15,29H,9-10,13H2,1-2H3/t15-,19?/m0/s1. The van der Waals surface area contributed by atoms with Crippen molar-refractivity contribution in [2.45, 2.75) is 36.6 Å². The van der Waals surface area contributed by atoms with Crippen molar-refractivity contribution >= 4 is 27.4 Å². The van der Waals surface area contributed by atoms with Crippen molar-refractivity contribution < 1.29 is 26.7 Å². The second-order valence-corrected chi connectivity index (χ2v) is 9.58. The predicted octanol–water partition coefficient (Wildman–Crippen LogP) is 2.80. The van der Waals surface area contributed by atoms with Crippen LogP contribution in [-0.2, 0) is 15.6 Å². The molecule has 172 valence electrons. The second kappa shape index (κ2) is 8.86. The number of sulfonamides is 1. The fraction of sp³-hybridized carbons (Fsp3) is 0.400. The molecular formula is C20H20ClF3N4O3S. The molecule has 7 nitrogen and oxygen atoms in total. The lowest BCUT2D eigenvalue weighted by molar-refractivity contribution is -0.259. The molecule has 3 heterocycles. The van der Waals surface area contributed by atoms with E-state index in [0.29, 0.717) is 12.7 Å². The normalized spacial score (nSPS) is 19.7. The van der Waals surface area contributed by atoms with Gasteiger partial charge in [0.25, 0.3) is 0 Å². The second-order valence-electron chi connectivity index (χ2n) is 7.26. The molecule has 0 radical (unpaired) electrons. The average molecular weight is 489 g/mol. The number of halogens is 4. The Morgan fingerprint density at radius 1 is 1.16 bits per heavy atom. The van der Waals surface area contributed by atoms with Gasteiger partial charge in [-0.05, 0) is 32.0 Å². The molecule has 2 atom stereocenters. The van der Waals surface area contributed by atoms with E-state index in [9.17, 15) is 26.7 Å². The molecule has 0 saturated carbocycles. The minimum atomic E-state index is -4.86. The summed E-state index contributed by atoms with van der Waals surface area (Å²) in [6.07, 6.45) is -2.72. The summed E-state index contributed by atoms with van der Waals surface area (Å²) in [4.78, 5) is 9.60. The van der Waals surface area contributed by atoms with E-state index >= 15 is 0 Å². The summed E-state index contributed by atoms with van der Waals surface area (Å²) in [5, 5.41) is 9.99. The highest BCUT2D eigenvalue weighted by atomic mass is 35.5. The third-order valence-corrected chi connectivity index (χ3v) is 7.22. The smallest absolute Gasteiger partial charge is 0.376 e. The molecule has 0 spiro atoms. The number of aromatic nitrogens is 2. The summed E-state index contributed by atoms with van der Waals surface area (Å²) >= 11 is 5.73. The molecule has 1 saturated heterocycles. The zero-order valence-corrected chi connectivity index (χ0v) is 18.7. The van der Waals surface area contributed by atoms with Crippen molar-refractivity contribution in [1.82, 2.24) is 14.3 Å². The van der Waals surface area contributed by atoms with Gasteiger partial charge in [0, 0.05) is 37.6 Å². The van der Waals surface area contributed by atoms with Crippen molar-refractivity contribution in [2.75, 3.05) is 24.5 Å². The van der Waals surface area contributed by atoms with Gasteiger partial charge in [0.1, 0.15) is 21.9 Å². The van der Waals surface area contributed by atoms with Gasteiger partial charge < -0.3 is 10.0 Å². The molecule has 0 aromatic carbocycles. The average Bonchev–Trinajstić information content (AvgIpc) is 2.73. The largest absolute Gasteiger partial charge is 0.421 e. The van der Waals surface area contributed by atoms with E-state index in [1.54, 1.807) is 11.8 Å². The number of piperazine rings is 1. The Hall–Kier alpha value is -2.39. The summed E-state index contributed by atoms with van der Waals surface area (Å²) < 4.78 is 66.4. The van der Waals surface area contributed by atoms with E-state index < -0.39 is 33.4 Å². The number of nitrogens with zero attached hydrogens (tertiary/aromatic N) is 4. The summed E-state index contributed by atoms with van der Waals surface area (Å²) in [5.74, 6) is 6.00. The van der Waals surface area contributed by atoms with Gasteiger partial charge in [-0.3, -0.25) is 0 Å². The molecular weight excluding hydrogens is 469 g/mol. The number of rotatable bonds is 4. The lowest BCUT2D eigenvalue weighted by Gasteiger charge is -2.39. The van der Waals surface area contributed by atoms with Crippen molar-refractivity contribution in [3.05, 3.63) is 47.4 Å². The van der Waals surface area contributed by atoms with E-state index in [-0.39, 0.29) is 29.7 Å². The van der Waals surface area contributed by atoms with Crippen LogP contribution in [0.5, 0.6) is 0 Å². The number of hydrogen-bond acceptors (Lipinski definition) is 6. The van der Waals surface area contributed by atoms with Gasteiger partial charge in [0.15, 0.2) is 5.60 Å². The first-order chi connectivity index (χ1) is 14.9. The lowest BCUT2D eigenvalue weighted by atomic mass is 9.97. The van der Waals surface area contributed by atoms with Crippen molar-refractivity contribution in [3.8, 4) is 11.8 Å². The van der Waals surface area contributed by atoms with Crippen LogP contribution in [0.3, 0.4) is 0 Å². The Bertz CT molecular complexity index is 1130. The first-order valence-corrected chi connectivity index (χ1v) is 11.3. The predicted molar refractivity (Wildman–Crippen MR) is 112 cm³/mol. The van der Waals surface area contributed by atoms with Crippen LogP contribution in [-0.4, -0.2) is 59.6 Å². The van der Waals surface area contributed by atoms with E-state index in [1.807, 2.05) is 0 Å². The van der Waals surface area contributed by atoms with Crippen molar-refractivity contribution in [2.24, 2.45) is 0 Å². The fourth-order valence-electron chi connectivity index (χ4n) is 3.21. The Morgan fingerprint density at radius 3 is 2.41 bits per heavy atom. The molecule has 3 rings (SSSR count). The Kier molecular flexibility index (Phi) is 6.72. The highest BCUT2D eigenvalue weighted by Crippen LogP contribution is 2.38. The van der Waals surface area contributed by atoms with Crippen LogP contribution in [0.15, 0.2) is 41.6 Å². The van der Waals surface area contributed by atoms with Gasteiger partial charge in [0.05, 0.1) is 0 Å². The summed E-state index contributed by atoms with van der Waals surface area (Å²) in [5.41, 5.74) is -3.44. The third kappa shape index (κ3) is 4.68. The molecule has 2 aromatic rings. The summed E-state index contributed by atoms with van der Waals surface area (Å²) in [6, 6.07) is 4.67. The number of aliphatic hydroxyl groups is 1. The highest BCUT2D eigenvalue weighted by molar-refractivity contribution is 7.89. The van der Waals surface area contributed by atoms with Crippen molar-refractivity contribution in [3.63, 3.8) is 0 Å². The van der Waals surface area contributed by atoms with Crippen LogP contribution in [0.2, 0.25) is 5.15 Å². The maximum Gasteiger partial charge on any atom is 0.421 e. The molecule has 1 unspecified atom stereocenters. The Morgan fingerprint density at radius 2 is 1.88 bits per heavy atom. The van der Waals surface area contributed by atoms with Gasteiger partial charge in [0.2, 0.25) is 10.0 Å². The van der Waals surface area contributed by atoms with Crippen LogP contribution in [0.4, 0.5) is 19.0 Å². The maximum atomic E-state index is 13.1. The zero-order valence-electron chi connectivity index (χ0n) is 17.1. The monoisotopic (exact) mass is 488 g/mol. The molecule has 1 fully saturated rings. The summed E-state index contributed by atoms with van der Waals surface area (Å²) in [6.45, 7) is 2.60. The van der Waals surface area contributed by atoms with Crippen LogP contribution in [0.1, 0.15) is 19.4 Å². The molecule has 0 aliphatic carbocycles. The van der Waals surface area contributed by atoms with Crippen LogP contribution in [0, 0.1) is 11.8 Å². The van der Waals surface area contributed by atoms with E-state index in [2.05, 4.69) is 21.8 Å².